The molecule has 2 heterocycles. The summed E-state index contributed by atoms with van der Waals surface area (Å²) in [6.45, 7) is 0.601. The molecule has 0 radical (unpaired) electrons. The Bertz CT molecular complexity index is 664. The third kappa shape index (κ3) is 2.44. The van der Waals surface area contributed by atoms with E-state index in [1.54, 1.807) is 18.5 Å². The second-order valence-electron chi connectivity index (χ2n) is 4.61. The van der Waals surface area contributed by atoms with Crippen LogP contribution < -0.4 is 0 Å². The maximum atomic E-state index is 10.7. The molecule has 20 heavy (non-hydrogen) atoms. The maximum absolute atomic E-state index is 10.7. The first-order chi connectivity index (χ1) is 9.70. The number of non-ortho nitro benzene ring substituents is 1. The van der Waals surface area contributed by atoms with E-state index in [1.165, 1.54) is 12.1 Å². The van der Waals surface area contributed by atoms with Crippen molar-refractivity contribution in [3.63, 3.8) is 0 Å². The van der Waals surface area contributed by atoms with Crippen LogP contribution in [0.25, 0.3) is 6.08 Å². The molecule has 1 fully saturated rings. The average Bonchev–Trinajstić information content (AvgIpc) is 3.28. The van der Waals surface area contributed by atoms with Gasteiger partial charge in [-0.15, -0.1) is 0 Å². The Morgan fingerprint density at radius 2 is 2.20 bits per heavy atom. The van der Waals surface area contributed by atoms with E-state index in [9.17, 15) is 10.1 Å². The van der Waals surface area contributed by atoms with Gasteiger partial charge in [0.05, 0.1) is 11.5 Å². The fourth-order valence-electron chi connectivity index (χ4n) is 2.02. The molecule has 3 rings (SSSR count). The molecule has 2 aromatic rings. The van der Waals surface area contributed by atoms with Crippen LogP contribution in [0.5, 0.6) is 0 Å². The van der Waals surface area contributed by atoms with Crippen molar-refractivity contribution in [2.75, 3.05) is 6.61 Å². The van der Waals surface area contributed by atoms with Gasteiger partial charge in [0.1, 0.15) is 5.60 Å². The summed E-state index contributed by atoms with van der Waals surface area (Å²) in [5.41, 5.74) is 1.41. The second kappa shape index (κ2) is 4.86. The molecule has 1 atom stereocenters. The van der Waals surface area contributed by atoms with Crippen LogP contribution in [0.2, 0.25) is 0 Å². The molecule has 5 nitrogen and oxygen atoms in total. The summed E-state index contributed by atoms with van der Waals surface area (Å²) >= 11 is 0. The number of nitro groups is 1. The summed E-state index contributed by atoms with van der Waals surface area (Å²) in [6, 6.07) is 10.3. The van der Waals surface area contributed by atoms with Crippen molar-refractivity contribution in [1.29, 1.82) is 0 Å². The van der Waals surface area contributed by atoms with Crippen LogP contribution in [-0.4, -0.2) is 16.5 Å². The highest BCUT2D eigenvalue weighted by Gasteiger charge is 2.44. The molecule has 100 valence electrons. The van der Waals surface area contributed by atoms with Gasteiger partial charge in [0.15, 0.2) is 0 Å². The third-order valence-electron chi connectivity index (χ3n) is 3.23. The highest BCUT2D eigenvalue weighted by molar-refractivity contribution is 5.56. The van der Waals surface area contributed by atoms with E-state index in [2.05, 4.69) is 4.98 Å². The molecular weight excluding hydrogens is 256 g/mol. The van der Waals surface area contributed by atoms with Crippen LogP contribution in [0.1, 0.15) is 11.1 Å². The second-order valence-corrected chi connectivity index (χ2v) is 4.61. The van der Waals surface area contributed by atoms with Crippen LogP contribution >= 0.6 is 0 Å². The monoisotopic (exact) mass is 268 g/mol. The largest absolute Gasteiger partial charge is 0.360 e. The Hall–Kier alpha value is -2.53. The maximum Gasteiger partial charge on any atom is 0.270 e. The molecule has 1 saturated heterocycles. The highest BCUT2D eigenvalue weighted by Crippen LogP contribution is 2.40. The van der Waals surface area contributed by atoms with Gasteiger partial charge in [-0.25, -0.2) is 0 Å². The third-order valence-corrected chi connectivity index (χ3v) is 3.23. The standard InChI is InChI=1S/C15H12N2O3/c18-17(19)14-5-1-3-12(9-14)6-7-15(11-20-15)13-4-2-8-16-10-13/h1-10H,11H2/b7-6+. The van der Waals surface area contributed by atoms with Crippen LogP contribution in [0.3, 0.4) is 0 Å². The van der Waals surface area contributed by atoms with Crippen molar-refractivity contribution in [1.82, 2.24) is 4.98 Å². The number of hydrogen-bond acceptors (Lipinski definition) is 4. The van der Waals surface area contributed by atoms with Gasteiger partial charge >= 0.3 is 0 Å². The van der Waals surface area contributed by atoms with Gasteiger partial charge in [-0.1, -0.05) is 24.3 Å². The normalized spacial score (nSPS) is 21.0. The number of ether oxygens (including phenoxy) is 1. The molecule has 0 aliphatic carbocycles. The van der Waals surface area contributed by atoms with Gasteiger partial charge in [0.25, 0.3) is 5.69 Å². The lowest BCUT2D eigenvalue weighted by Crippen LogP contribution is -2.04. The number of nitro benzene ring substituents is 1. The highest BCUT2D eigenvalue weighted by atomic mass is 16.6. The zero-order valence-corrected chi connectivity index (χ0v) is 10.6. The molecule has 1 aromatic carbocycles. The molecule has 0 bridgehead atoms. The van der Waals surface area contributed by atoms with E-state index in [0.29, 0.717) is 6.61 Å². The topological polar surface area (TPSA) is 68.6 Å². The number of epoxide rings is 1. The molecule has 0 saturated carbocycles. The Morgan fingerprint density at radius 1 is 1.35 bits per heavy atom. The van der Waals surface area contributed by atoms with Crippen molar-refractivity contribution in [2.45, 2.75) is 5.60 Å². The predicted molar refractivity (Wildman–Crippen MR) is 74.0 cm³/mol. The van der Waals surface area contributed by atoms with Crippen molar-refractivity contribution >= 4 is 11.8 Å². The Balaban J connectivity index is 1.84. The molecule has 0 spiro atoms. The van der Waals surface area contributed by atoms with Crippen molar-refractivity contribution in [3.05, 3.63) is 76.1 Å². The summed E-state index contributed by atoms with van der Waals surface area (Å²) in [4.78, 5) is 14.4. The number of hydrogen-bond donors (Lipinski definition) is 0. The molecule has 1 aliphatic rings. The van der Waals surface area contributed by atoms with E-state index in [0.717, 1.165) is 11.1 Å². The van der Waals surface area contributed by atoms with Crippen molar-refractivity contribution in [2.24, 2.45) is 0 Å². The quantitative estimate of drug-likeness (QED) is 0.485. The van der Waals surface area contributed by atoms with Gasteiger partial charge < -0.3 is 4.74 Å². The van der Waals surface area contributed by atoms with E-state index < -0.39 is 10.5 Å². The van der Waals surface area contributed by atoms with Crippen LogP contribution in [0, 0.1) is 10.1 Å². The lowest BCUT2D eigenvalue weighted by atomic mass is 10.0. The smallest absolute Gasteiger partial charge is 0.270 e. The Morgan fingerprint density at radius 3 is 2.85 bits per heavy atom. The fourth-order valence-corrected chi connectivity index (χ4v) is 2.02. The number of rotatable bonds is 4. The SMILES string of the molecule is O=[N+]([O-])c1cccc(/C=C/C2(c3cccnc3)CO2)c1. The lowest BCUT2D eigenvalue weighted by molar-refractivity contribution is -0.384. The van der Waals surface area contributed by atoms with Gasteiger partial charge in [0.2, 0.25) is 0 Å². The molecule has 1 unspecified atom stereocenters. The number of benzene rings is 1. The number of nitrogens with zero attached hydrogens (tertiary/aromatic N) is 2. The van der Waals surface area contributed by atoms with Gasteiger partial charge in [0, 0.05) is 30.1 Å². The Labute approximate surface area is 115 Å². The van der Waals surface area contributed by atoms with Gasteiger partial charge in [-0.3, -0.25) is 15.1 Å². The summed E-state index contributed by atoms with van der Waals surface area (Å²) in [6.07, 6.45) is 7.24. The van der Waals surface area contributed by atoms with E-state index in [-0.39, 0.29) is 5.69 Å². The average molecular weight is 268 g/mol. The summed E-state index contributed by atoms with van der Waals surface area (Å²) in [7, 11) is 0. The van der Waals surface area contributed by atoms with Crippen LogP contribution in [0.15, 0.2) is 54.9 Å². The van der Waals surface area contributed by atoms with Crippen molar-refractivity contribution < 1.29 is 9.66 Å². The van der Waals surface area contributed by atoms with E-state index in [4.69, 9.17) is 4.74 Å². The first-order valence-corrected chi connectivity index (χ1v) is 6.18. The predicted octanol–water partition coefficient (Wildman–Crippen LogP) is 2.93. The molecule has 0 N–H and O–H groups in total. The number of aromatic nitrogens is 1. The molecule has 1 aromatic heterocycles. The van der Waals surface area contributed by atoms with Crippen molar-refractivity contribution in [3.8, 4) is 0 Å². The van der Waals surface area contributed by atoms with Crippen LogP contribution in [-0.2, 0) is 10.3 Å². The van der Waals surface area contributed by atoms with Crippen LogP contribution in [0.4, 0.5) is 5.69 Å². The summed E-state index contributed by atoms with van der Waals surface area (Å²) in [5.74, 6) is 0. The first kappa shape index (κ1) is 12.5. The van der Waals surface area contributed by atoms with Gasteiger partial charge in [-0.2, -0.15) is 0 Å². The molecule has 0 amide bonds. The minimum Gasteiger partial charge on any atom is -0.360 e. The Kier molecular flexibility index (Phi) is 3.04. The van der Waals surface area contributed by atoms with E-state index >= 15 is 0 Å². The molecular formula is C15H12N2O3. The zero-order valence-electron chi connectivity index (χ0n) is 10.6. The van der Waals surface area contributed by atoms with Gasteiger partial charge in [-0.05, 0) is 17.7 Å². The zero-order chi connectivity index (χ0) is 14.0. The minimum absolute atomic E-state index is 0.0827. The summed E-state index contributed by atoms with van der Waals surface area (Å²) in [5, 5.41) is 10.7. The first-order valence-electron chi connectivity index (χ1n) is 6.18. The molecule has 1 aliphatic heterocycles. The lowest BCUT2D eigenvalue weighted by Gasteiger charge is -2.05. The molecule has 5 heteroatoms. The number of pyridine rings is 1. The fraction of sp³-hybridized carbons (Fsp3) is 0.133. The minimum atomic E-state index is -0.432. The summed E-state index contributed by atoms with van der Waals surface area (Å²) < 4.78 is 5.52. The van der Waals surface area contributed by atoms with E-state index in [1.807, 2.05) is 30.4 Å².